The molecule has 0 spiro atoms. The smallest absolute Gasteiger partial charge is 0.153 e. The van der Waals surface area contributed by atoms with E-state index in [1.54, 1.807) is 0 Å². The van der Waals surface area contributed by atoms with Crippen LogP contribution in [-0.4, -0.2) is 12.3 Å². The number of carbonyl (C=O) groups excluding carboxylic acids is 1. The number of nitrogens with two attached hydrogens (primary N) is 1. The molecule has 0 saturated heterocycles. The molecule has 2 N–H and O–H groups in total. The van der Waals surface area contributed by atoms with E-state index in [4.69, 9.17) is 5.73 Å². The summed E-state index contributed by atoms with van der Waals surface area (Å²) < 4.78 is 0. The monoisotopic (exact) mass is 227 g/mol. The van der Waals surface area contributed by atoms with Gasteiger partial charge in [0, 0.05) is 5.92 Å². The highest BCUT2D eigenvalue weighted by Crippen LogP contribution is 2.22. The number of carbonyl (C=O) groups is 1. The molecule has 1 rings (SSSR count). The second kappa shape index (κ2) is 5.89. The SMILES string of the molecule is Cc1cccc(C(C)C(=O)CN)c1C.Cl. The van der Waals surface area contributed by atoms with E-state index in [0.717, 1.165) is 5.56 Å². The van der Waals surface area contributed by atoms with Crippen LogP contribution in [0.4, 0.5) is 0 Å². The van der Waals surface area contributed by atoms with E-state index >= 15 is 0 Å². The number of aryl methyl sites for hydroxylation is 1. The van der Waals surface area contributed by atoms with Crippen molar-refractivity contribution in [1.82, 2.24) is 0 Å². The summed E-state index contributed by atoms with van der Waals surface area (Å²) in [6, 6.07) is 6.04. The molecule has 84 valence electrons. The lowest BCUT2D eigenvalue weighted by atomic mass is 9.91. The van der Waals surface area contributed by atoms with Gasteiger partial charge < -0.3 is 5.73 Å². The average molecular weight is 228 g/mol. The number of rotatable bonds is 3. The average Bonchev–Trinajstić information content (AvgIpc) is 2.20. The van der Waals surface area contributed by atoms with Crippen molar-refractivity contribution in [1.29, 1.82) is 0 Å². The van der Waals surface area contributed by atoms with Gasteiger partial charge in [-0.1, -0.05) is 25.1 Å². The molecule has 0 amide bonds. The van der Waals surface area contributed by atoms with Gasteiger partial charge in [-0.25, -0.2) is 0 Å². The van der Waals surface area contributed by atoms with Gasteiger partial charge in [0.2, 0.25) is 0 Å². The molecule has 0 radical (unpaired) electrons. The van der Waals surface area contributed by atoms with Crippen molar-refractivity contribution >= 4 is 18.2 Å². The zero-order chi connectivity index (χ0) is 10.7. The molecule has 0 fully saturated rings. The van der Waals surface area contributed by atoms with Crippen LogP contribution in [0.3, 0.4) is 0 Å². The lowest BCUT2D eigenvalue weighted by molar-refractivity contribution is -0.118. The Balaban J connectivity index is 0.00000196. The lowest BCUT2D eigenvalue weighted by Gasteiger charge is -2.14. The molecule has 2 nitrogen and oxygen atoms in total. The topological polar surface area (TPSA) is 43.1 Å². The number of hydrogen-bond acceptors (Lipinski definition) is 2. The second-order valence-electron chi connectivity index (χ2n) is 3.68. The number of benzene rings is 1. The first kappa shape index (κ1) is 14.1. The summed E-state index contributed by atoms with van der Waals surface area (Å²) in [5.74, 6) is 0.0126. The van der Waals surface area contributed by atoms with E-state index in [-0.39, 0.29) is 30.7 Å². The molecule has 1 unspecified atom stereocenters. The van der Waals surface area contributed by atoms with Crippen LogP contribution < -0.4 is 5.73 Å². The molecule has 1 aromatic carbocycles. The third-order valence-corrected chi connectivity index (χ3v) is 2.80. The van der Waals surface area contributed by atoms with Crippen molar-refractivity contribution in [3.8, 4) is 0 Å². The van der Waals surface area contributed by atoms with Crippen molar-refractivity contribution < 1.29 is 4.79 Å². The highest BCUT2D eigenvalue weighted by molar-refractivity contribution is 5.87. The van der Waals surface area contributed by atoms with Crippen molar-refractivity contribution in [2.45, 2.75) is 26.7 Å². The summed E-state index contributed by atoms with van der Waals surface area (Å²) in [7, 11) is 0. The first-order valence-electron chi connectivity index (χ1n) is 4.86. The lowest BCUT2D eigenvalue weighted by Crippen LogP contribution is -2.20. The highest BCUT2D eigenvalue weighted by atomic mass is 35.5. The van der Waals surface area contributed by atoms with Crippen LogP contribution in [0.5, 0.6) is 0 Å². The molecule has 0 aliphatic rings. The maximum atomic E-state index is 11.5. The van der Waals surface area contributed by atoms with E-state index in [2.05, 4.69) is 13.0 Å². The summed E-state index contributed by atoms with van der Waals surface area (Å²) >= 11 is 0. The Morgan fingerprint density at radius 2 is 2.00 bits per heavy atom. The maximum Gasteiger partial charge on any atom is 0.153 e. The van der Waals surface area contributed by atoms with Gasteiger partial charge in [0.05, 0.1) is 6.54 Å². The van der Waals surface area contributed by atoms with Gasteiger partial charge in [-0.2, -0.15) is 0 Å². The Morgan fingerprint density at radius 3 is 2.53 bits per heavy atom. The molecule has 0 aromatic heterocycles. The normalized spacial score (nSPS) is 11.7. The first-order chi connectivity index (χ1) is 6.57. The quantitative estimate of drug-likeness (QED) is 0.862. The number of halogens is 1. The number of hydrogen-bond donors (Lipinski definition) is 1. The zero-order valence-electron chi connectivity index (χ0n) is 9.41. The van der Waals surface area contributed by atoms with Gasteiger partial charge in [-0.05, 0) is 30.5 Å². The standard InChI is InChI=1S/C12H17NO.ClH/c1-8-5-4-6-11(9(8)2)10(3)12(14)7-13;/h4-6,10H,7,13H2,1-3H3;1H. The van der Waals surface area contributed by atoms with Gasteiger partial charge in [0.1, 0.15) is 0 Å². The fourth-order valence-electron chi connectivity index (χ4n) is 1.59. The predicted molar refractivity (Wildman–Crippen MR) is 65.6 cm³/mol. The summed E-state index contributed by atoms with van der Waals surface area (Å²) in [5, 5.41) is 0. The van der Waals surface area contributed by atoms with Crippen LogP contribution >= 0.6 is 12.4 Å². The van der Waals surface area contributed by atoms with Gasteiger partial charge in [0.25, 0.3) is 0 Å². The first-order valence-corrected chi connectivity index (χ1v) is 4.86. The Labute approximate surface area is 97.3 Å². The van der Waals surface area contributed by atoms with Gasteiger partial charge in [0.15, 0.2) is 5.78 Å². The van der Waals surface area contributed by atoms with Crippen LogP contribution in [0.15, 0.2) is 18.2 Å². The van der Waals surface area contributed by atoms with E-state index in [0.29, 0.717) is 0 Å². The Morgan fingerprint density at radius 1 is 1.40 bits per heavy atom. The minimum Gasteiger partial charge on any atom is -0.324 e. The largest absolute Gasteiger partial charge is 0.324 e. The fraction of sp³-hybridized carbons (Fsp3) is 0.417. The molecule has 1 atom stereocenters. The van der Waals surface area contributed by atoms with Gasteiger partial charge >= 0.3 is 0 Å². The van der Waals surface area contributed by atoms with E-state index in [9.17, 15) is 4.79 Å². The summed E-state index contributed by atoms with van der Waals surface area (Å²) in [6.07, 6.45) is 0. The molecule has 15 heavy (non-hydrogen) atoms. The van der Waals surface area contributed by atoms with Gasteiger partial charge in [-0.3, -0.25) is 4.79 Å². The molecule has 0 aliphatic carbocycles. The third kappa shape index (κ3) is 3.05. The van der Waals surface area contributed by atoms with Crippen LogP contribution in [-0.2, 0) is 4.79 Å². The van der Waals surface area contributed by atoms with Crippen LogP contribution in [0.1, 0.15) is 29.5 Å². The molecule has 1 aromatic rings. The molecule has 0 aliphatic heterocycles. The highest BCUT2D eigenvalue weighted by Gasteiger charge is 2.15. The van der Waals surface area contributed by atoms with Gasteiger partial charge in [-0.15, -0.1) is 12.4 Å². The molecule has 0 heterocycles. The van der Waals surface area contributed by atoms with E-state index < -0.39 is 0 Å². The van der Waals surface area contributed by atoms with Crippen molar-refractivity contribution in [2.24, 2.45) is 5.73 Å². The minimum atomic E-state index is -0.0834. The summed E-state index contributed by atoms with van der Waals surface area (Å²) in [6.45, 7) is 6.13. The van der Waals surface area contributed by atoms with Crippen LogP contribution in [0.2, 0.25) is 0 Å². The number of Topliss-reactive ketones (excluding diaryl/α,β-unsaturated/α-hetero) is 1. The Bertz CT molecular complexity index is 349. The van der Waals surface area contributed by atoms with Crippen molar-refractivity contribution in [2.75, 3.05) is 6.54 Å². The number of ketones is 1. The third-order valence-electron chi connectivity index (χ3n) is 2.80. The fourth-order valence-corrected chi connectivity index (χ4v) is 1.59. The summed E-state index contributed by atoms with van der Waals surface area (Å²) in [5.41, 5.74) is 8.86. The molecular formula is C12H18ClNO. The van der Waals surface area contributed by atoms with E-state index in [1.165, 1.54) is 11.1 Å². The second-order valence-corrected chi connectivity index (χ2v) is 3.68. The maximum absolute atomic E-state index is 11.5. The van der Waals surface area contributed by atoms with E-state index in [1.807, 2.05) is 26.0 Å². The van der Waals surface area contributed by atoms with Crippen LogP contribution in [0, 0.1) is 13.8 Å². The molecule has 0 saturated carbocycles. The Kier molecular flexibility index (Phi) is 5.55. The zero-order valence-corrected chi connectivity index (χ0v) is 10.2. The predicted octanol–water partition coefficient (Wildman–Crippen LogP) is 2.36. The molecular weight excluding hydrogens is 210 g/mol. The molecule has 0 bridgehead atoms. The minimum absolute atomic E-state index is 0. The van der Waals surface area contributed by atoms with Crippen molar-refractivity contribution in [3.63, 3.8) is 0 Å². The summed E-state index contributed by atoms with van der Waals surface area (Å²) in [4.78, 5) is 11.5. The van der Waals surface area contributed by atoms with Crippen molar-refractivity contribution in [3.05, 3.63) is 34.9 Å². The van der Waals surface area contributed by atoms with Crippen LogP contribution in [0.25, 0.3) is 0 Å². The molecule has 3 heteroatoms. The Hall–Kier alpha value is -0.860.